The first-order valence-corrected chi connectivity index (χ1v) is 9.18. The Balaban J connectivity index is 0.00000256. The average Bonchev–Trinajstić information content (AvgIpc) is 2.78. The van der Waals surface area contributed by atoms with Crippen LogP contribution in [0.5, 0.6) is 17.2 Å². The van der Waals surface area contributed by atoms with Crippen molar-refractivity contribution in [2.45, 2.75) is 6.61 Å². The average molecular weight is 424 g/mol. The third kappa shape index (κ3) is 4.55. The molecule has 1 aromatic heterocycles. The number of hydrogen-bond acceptors (Lipinski definition) is 6. The van der Waals surface area contributed by atoms with Gasteiger partial charge in [0.15, 0.2) is 11.5 Å². The summed E-state index contributed by atoms with van der Waals surface area (Å²) in [5.41, 5.74) is 2.69. The van der Waals surface area contributed by atoms with Gasteiger partial charge in [0.2, 0.25) is 0 Å². The van der Waals surface area contributed by atoms with Gasteiger partial charge in [0, 0.05) is 22.7 Å². The predicted molar refractivity (Wildman–Crippen MR) is 120 cm³/mol. The normalized spacial score (nSPS) is 10.2. The highest BCUT2D eigenvalue weighted by Crippen LogP contribution is 2.33. The lowest BCUT2D eigenvalue weighted by molar-refractivity contribution is 0.278. The molecule has 0 amide bonds. The van der Waals surface area contributed by atoms with Crippen LogP contribution in [0.2, 0.25) is 0 Å². The molecule has 0 fully saturated rings. The Morgan fingerprint density at radius 2 is 1.57 bits per heavy atom. The molecule has 0 saturated heterocycles. The van der Waals surface area contributed by atoms with Gasteiger partial charge in [-0.2, -0.15) is 0 Å². The molecule has 1 N–H and O–H groups in total. The molecule has 0 spiro atoms. The maximum Gasteiger partial charge on any atom is 0.162 e. The van der Waals surface area contributed by atoms with Crippen molar-refractivity contribution in [2.75, 3.05) is 19.5 Å². The summed E-state index contributed by atoms with van der Waals surface area (Å²) in [6.07, 6.45) is 1.55. The van der Waals surface area contributed by atoms with E-state index in [9.17, 15) is 0 Å². The molecule has 0 aliphatic carbocycles. The molecule has 3 aromatic carbocycles. The lowest BCUT2D eigenvalue weighted by Crippen LogP contribution is -2.01. The smallest absolute Gasteiger partial charge is 0.162 e. The number of hydrogen-bond donors (Lipinski definition) is 1. The highest BCUT2D eigenvalue weighted by Gasteiger charge is 2.10. The molecule has 4 aromatic rings. The van der Waals surface area contributed by atoms with Crippen molar-refractivity contribution < 1.29 is 14.2 Å². The lowest BCUT2D eigenvalue weighted by atomic mass is 10.2. The van der Waals surface area contributed by atoms with Gasteiger partial charge in [0.25, 0.3) is 0 Å². The Kier molecular flexibility index (Phi) is 6.93. The van der Waals surface area contributed by atoms with Crippen molar-refractivity contribution in [3.05, 3.63) is 78.6 Å². The Bertz CT molecular complexity index is 1130. The van der Waals surface area contributed by atoms with Gasteiger partial charge in [-0.3, -0.25) is 0 Å². The summed E-state index contributed by atoms with van der Waals surface area (Å²) in [5, 5.41) is 4.28. The molecule has 0 saturated carbocycles. The Morgan fingerprint density at radius 1 is 0.800 bits per heavy atom. The third-order valence-electron chi connectivity index (χ3n) is 4.54. The van der Waals surface area contributed by atoms with Crippen molar-refractivity contribution in [3.63, 3.8) is 0 Å². The van der Waals surface area contributed by atoms with E-state index in [0.717, 1.165) is 33.7 Å². The monoisotopic (exact) mass is 423 g/mol. The van der Waals surface area contributed by atoms with Crippen molar-refractivity contribution in [1.82, 2.24) is 9.97 Å². The van der Waals surface area contributed by atoms with E-state index in [0.29, 0.717) is 18.1 Å². The van der Waals surface area contributed by atoms with Crippen molar-refractivity contribution in [2.24, 2.45) is 0 Å². The molecule has 30 heavy (non-hydrogen) atoms. The number of para-hydroxylation sites is 2. The number of nitrogens with zero attached hydrogens (tertiary/aromatic N) is 2. The topological polar surface area (TPSA) is 65.5 Å². The van der Waals surface area contributed by atoms with Crippen molar-refractivity contribution in [3.8, 4) is 17.2 Å². The molecule has 7 heteroatoms. The SMILES string of the molecule is COc1ccccc1COc1ccc(Nc2ncnc3ccccc23)cc1OC.Cl. The van der Waals surface area contributed by atoms with E-state index in [2.05, 4.69) is 15.3 Å². The van der Waals surface area contributed by atoms with E-state index in [4.69, 9.17) is 14.2 Å². The Labute approximate surface area is 181 Å². The van der Waals surface area contributed by atoms with Crippen LogP contribution in [0.25, 0.3) is 10.9 Å². The van der Waals surface area contributed by atoms with Crippen molar-refractivity contribution in [1.29, 1.82) is 0 Å². The number of halogens is 1. The zero-order chi connectivity index (χ0) is 20.1. The molecule has 0 radical (unpaired) electrons. The van der Waals surface area contributed by atoms with E-state index in [1.807, 2.05) is 66.7 Å². The van der Waals surface area contributed by atoms with Gasteiger partial charge in [0.05, 0.1) is 19.7 Å². The van der Waals surface area contributed by atoms with Gasteiger partial charge in [-0.15, -0.1) is 12.4 Å². The first kappa shape index (κ1) is 21.2. The van der Waals surface area contributed by atoms with Crippen LogP contribution < -0.4 is 19.5 Å². The van der Waals surface area contributed by atoms with E-state index in [1.54, 1.807) is 20.5 Å². The van der Waals surface area contributed by atoms with E-state index in [-0.39, 0.29) is 12.4 Å². The van der Waals surface area contributed by atoms with E-state index < -0.39 is 0 Å². The van der Waals surface area contributed by atoms with Crippen LogP contribution in [0, 0.1) is 0 Å². The summed E-state index contributed by atoms with van der Waals surface area (Å²) in [6, 6.07) is 21.3. The molecule has 4 rings (SSSR count). The number of nitrogens with one attached hydrogen (secondary N) is 1. The third-order valence-corrected chi connectivity index (χ3v) is 4.54. The highest BCUT2D eigenvalue weighted by molar-refractivity contribution is 5.90. The summed E-state index contributed by atoms with van der Waals surface area (Å²) in [5.74, 6) is 2.81. The highest BCUT2D eigenvalue weighted by atomic mass is 35.5. The fourth-order valence-electron chi connectivity index (χ4n) is 3.08. The summed E-state index contributed by atoms with van der Waals surface area (Å²) < 4.78 is 16.9. The maximum atomic E-state index is 5.97. The first-order chi connectivity index (χ1) is 14.3. The molecule has 0 unspecified atom stereocenters. The summed E-state index contributed by atoms with van der Waals surface area (Å²) in [6.45, 7) is 0.379. The number of fused-ring (bicyclic) bond motifs is 1. The fourth-order valence-corrected chi connectivity index (χ4v) is 3.08. The minimum absolute atomic E-state index is 0. The van der Waals surface area contributed by atoms with Crippen LogP contribution >= 0.6 is 12.4 Å². The van der Waals surface area contributed by atoms with Crippen LogP contribution in [-0.4, -0.2) is 24.2 Å². The molecule has 1 heterocycles. The summed E-state index contributed by atoms with van der Waals surface area (Å²) >= 11 is 0. The van der Waals surface area contributed by atoms with Crippen LogP contribution in [-0.2, 0) is 6.61 Å². The van der Waals surface area contributed by atoms with Crippen LogP contribution in [0.4, 0.5) is 11.5 Å². The largest absolute Gasteiger partial charge is 0.496 e. The van der Waals surface area contributed by atoms with Gasteiger partial charge in [-0.25, -0.2) is 9.97 Å². The minimum atomic E-state index is 0. The molecule has 0 aliphatic heterocycles. The van der Waals surface area contributed by atoms with Gasteiger partial charge in [-0.05, 0) is 30.3 Å². The van der Waals surface area contributed by atoms with E-state index in [1.165, 1.54) is 0 Å². The molecular formula is C23H22ClN3O3. The van der Waals surface area contributed by atoms with Gasteiger partial charge in [0.1, 0.15) is 24.5 Å². The Morgan fingerprint density at radius 3 is 2.40 bits per heavy atom. The zero-order valence-corrected chi connectivity index (χ0v) is 17.5. The van der Waals surface area contributed by atoms with Crippen LogP contribution in [0.15, 0.2) is 73.1 Å². The fraction of sp³-hybridized carbons (Fsp3) is 0.130. The number of aromatic nitrogens is 2. The van der Waals surface area contributed by atoms with Crippen LogP contribution in [0.1, 0.15) is 5.56 Å². The maximum absolute atomic E-state index is 5.97. The van der Waals surface area contributed by atoms with Gasteiger partial charge < -0.3 is 19.5 Å². The molecule has 0 bridgehead atoms. The number of ether oxygens (including phenoxy) is 3. The molecule has 6 nitrogen and oxygen atoms in total. The standard InChI is InChI=1S/C23H21N3O3.ClH/c1-27-20-10-6-3-7-16(20)14-29-21-12-11-17(13-22(21)28-2)26-23-18-8-4-5-9-19(18)24-15-25-23;/h3-13,15H,14H2,1-2H3,(H,24,25,26);1H. The number of rotatable bonds is 7. The second-order valence-electron chi connectivity index (χ2n) is 6.33. The minimum Gasteiger partial charge on any atom is -0.496 e. The molecule has 0 atom stereocenters. The number of anilines is 2. The molecule has 0 aliphatic rings. The Hall–Kier alpha value is -3.51. The van der Waals surface area contributed by atoms with Crippen molar-refractivity contribution >= 4 is 34.8 Å². The summed E-state index contributed by atoms with van der Waals surface area (Å²) in [4.78, 5) is 8.66. The van der Waals surface area contributed by atoms with Gasteiger partial charge in [-0.1, -0.05) is 30.3 Å². The lowest BCUT2D eigenvalue weighted by Gasteiger charge is -2.14. The molecular weight excluding hydrogens is 402 g/mol. The molecule has 154 valence electrons. The van der Waals surface area contributed by atoms with Crippen LogP contribution in [0.3, 0.4) is 0 Å². The summed E-state index contributed by atoms with van der Waals surface area (Å²) in [7, 11) is 3.27. The van der Waals surface area contributed by atoms with Gasteiger partial charge >= 0.3 is 0 Å². The quantitative estimate of drug-likeness (QED) is 0.430. The first-order valence-electron chi connectivity index (χ1n) is 9.18. The number of methoxy groups -OCH3 is 2. The second kappa shape index (κ2) is 9.80. The second-order valence-corrected chi connectivity index (χ2v) is 6.33. The number of benzene rings is 3. The van der Waals surface area contributed by atoms with E-state index >= 15 is 0 Å². The predicted octanol–water partition coefficient (Wildman–Crippen LogP) is 5.39. The zero-order valence-electron chi connectivity index (χ0n) is 16.7.